The molecule has 1 heterocycles. The third-order valence-corrected chi connectivity index (χ3v) is 8.48. The Balaban J connectivity index is 1.76. The molecule has 5 nitrogen and oxygen atoms in total. The lowest BCUT2D eigenvalue weighted by Gasteiger charge is -2.40. The number of piperidine rings is 1. The summed E-state index contributed by atoms with van der Waals surface area (Å²) < 4.78 is 26.2. The number of carbonyl (C=O) groups is 1. The minimum atomic E-state index is -3.24. The molecule has 1 aliphatic rings. The largest absolute Gasteiger partial charge is 0.355 e. The first-order chi connectivity index (χ1) is 14.7. The highest BCUT2D eigenvalue weighted by Gasteiger charge is 2.44. The van der Waals surface area contributed by atoms with Gasteiger partial charge in [-0.05, 0) is 69.2 Å². The smallest absolute Gasteiger partial charge is 0.230 e. The number of benzene rings is 2. The van der Waals surface area contributed by atoms with E-state index in [1.54, 1.807) is 6.92 Å². The van der Waals surface area contributed by atoms with E-state index in [2.05, 4.69) is 38.2 Å². The predicted molar refractivity (Wildman–Crippen MR) is 126 cm³/mol. The molecule has 1 aliphatic heterocycles. The number of nitrogens with zero attached hydrogens (tertiary/aromatic N) is 1. The van der Waals surface area contributed by atoms with Gasteiger partial charge in [0.1, 0.15) is 0 Å². The first-order valence-electron chi connectivity index (χ1n) is 11.1. The number of aryl methyl sites for hydroxylation is 3. The van der Waals surface area contributed by atoms with Crippen LogP contribution in [0.1, 0.15) is 47.6 Å². The maximum Gasteiger partial charge on any atom is 0.230 e. The maximum atomic E-state index is 13.5. The fourth-order valence-electron chi connectivity index (χ4n) is 4.81. The quantitative estimate of drug-likeness (QED) is 0.712. The fourth-order valence-corrected chi connectivity index (χ4v) is 5.91. The molecule has 0 saturated carbocycles. The number of amides is 1. The highest BCUT2D eigenvalue weighted by Crippen LogP contribution is 2.36. The van der Waals surface area contributed by atoms with Crippen LogP contribution in [0.15, 0.2) is 42.5 Å². The summed E-state index contributed by atoms with van der Waals surface area (Å²) in [4.78, 5) is 13.5. The first kappa shape index (κ1) is 23.5. The lowest BCUT2D eigenvalue weighted by Crippen LogP contribution is -2.53. The summed E-state index contributed by atoms with van der Waals surface area (Å²) >= 11 is 0. The SMILES string of the molecule is CCS(=O)(=O)N1CCC(C(=O)NCCc2c(C)cc(C)cc2C)(c2ccccc2)CC1. The van der Waals surface area contributed by atoms with Crippen LogP contribution in [0.25, 0.3) is 0 Å². The molecule has 0 spiro atoms. The average molecular weight is 443 g/mol. The van der Waals surface area contributed by atoms with Crippen LogP contribution in [0.4, 0.5) is 0 Å². The van der Waals surface area contributed by atoms with Crippen LogP contribution in [-0.2, 0) is 26.7 Å². The third-order valence-electron chi connectivity index (χ3n) is 6.60. The predicted octanol–water partition coefficient (Wildman–Crippen LogP) is 3.65. The zero-order chi connectivity index (χ0) is 22.6. The monoisotopic (exact) mass is 442 g/mol. The van der Waals surface area contributed by atoms with Crippen molar-refractivity contribution in [3.8, 4) is 0 Å². The number of hydrogen-bond donors (Lipinski definition) is 1. The Hall–Kier alpha value is -2.18. The highest BCUT2D eigenvalue weighted by molar-refractivity contribution is 7.89. The minimum absolute atomic E-state index is 0.00494. The van der Waals surface area contributed by atoms with Crippen molar-refractivity contribution in [2.75, 3.05) is 25.4 Å². The molecule has 0 aromatic heterocycles. The van der Waals surface area contributed by atoms with Crippen molar-refractivity contribution in [2.24, 2.45) is 0 Å². The van der Waals surface area contributed by atoms with Gasteiger partial charge >= 0.3 is 0 Å². The molecular weight excluding hydrogens is 408 g/mol. The van der Waals surface area contributed by atoms with Gasteiger partial charge in [-0.15, -0.1) is 0 Å². The van der Waals surface area contributed by atoms with Crippen LogP contribution in [0.3, 0.4) is 0 Å². The van der Waals surface area contributed by atoms with Crippen molar-refractivity contribution in [3.63, 3.8) is 0 Å². The Kier molecular flexibility index (Phi) is 7.22. The lowest BCUT2D eigenvalue weighted by atomic mass is 9.72. The van der Waals surface area contributed by atoms with Gasteiger partial charge in [-0.3, -0.25) is 4.79 Å². The average Bonchev–Trinajstić information content (AvgIpc) is 2.76. The summed E-state index contributed by atoms with van der Waals surface area (Å²) in [5.74, 6) is 0.0851. The van der Waals surface area contributed by atoms with Crippen molar-refractivity contribution in [3.05, 3.63) is 70.3 Å². The zero-order valence-electron chi connectivity index (χ0n) is 19.1. The standard InChI is InChI=1S/C25H34N2O3S/c1-5-31(29,30)27-15-12-25(13-16-27,22-9-7-6-8-10-22)24(28)26-14-11-23-20(3)17-19(2)18-21(23)4/h6-10,17-18H,5,11-16H2,1-4H3,(H,26,28). The van der Waals surface area contributed by atoms with Gasteiger partial charge in [0.05, 0.1) is 11.2 Å². The molecule has 1 fully saturated rings. The van der Waals surface area contributed by atoms with E-state index in [-0.39, 0.29) is 11.7 Å². The molecule has 0 aliphatic carbocycles. The number of rotatable bonds is 7. The van der Waals surface area contributed by atoms with Crippen LogP contribution in [-0.4, -0.2) is 44.0 Å². The van der Waals surface area contributed by atoms with Crippen molar-refractivity contribution in [2.45, 2.75) is 52.4 Å². The molecule has 0 atom stereocenters. The van der Waals surface area contributed by atoms with Gasteiger partial charge in [0, 0.05) is 19.6 Å². The Morgan fingerprint density at radius 3 is 2.16 bits per heavy atom. The summed E-state index contributed by atoms with van der Waals surface area (Å²) in [5, 5.41) is 3.17. The summed E-state index contributed by atoms with van der Waals surface area (Å²) in [7, 11) is -3.24. The van der Waals surface area contributed by atoms with Crippen LogP contribution >= 0.6 is 0 Å². The lowest BCUT2D eigenvalue weighted by molar-refractivity contribution is -0.128. The fraction of sp³-hybridized carbons (Fsp3) is 0.480. The van der Waals surface area contributed by atoms with Gasteiger partial charge in [0.15, 0.2) is 0 Å². The number of carbonyl (C=O) groups excluding carboxylic acids is 1. The first-order valence-corrected chi connectivity index (χ1v) is 12.7. The minimum Gasteiger partial charge on any atom is -0.355 e. The summed E-state index contributed by atoms with van der Waals surface area (Å²) in [6.45, 7) is 9.30. The van der Waals surface area contributed by atoms with Crippen LogP contribution < -0.4 is 5.32 Å². The van der Waals surface area contributed by atoms with Gasteiger partial charge in [-0.2, -0.15) is 0 Å². The Morgan fingerprint density at radius 1 is 1.03 bits per heavy atom. The van der Waals surface area contributed by atoms with E-state index in [1.807, 2.05) is 30.3 Å². The molecule has 31 heavy (non-hydrogen) atoms. The van der Waals surface area contributed by atoms with Gasteiger partial charge in [0.25, 0.3) is 0 Å². The van der Waals surface area contributed by atoms with Crippen molar-refractivity contribution < 1.29 is 13.2 Å². The van der Waals surface area contributed by atoms with Crippen LogP contribution in [0.2, 0.25) is 0 Å². The zero-order valence-corrected chi connectivity index (χ0v) is 19.9. The van der Waals surface area contributed by atoms with E-state index >= 15 is 0 Å². The van der Waals surface area contributed by atoms with Crippen LogP contribution in [0.5, 0.6) is 0 Å². The van der Waals surface area contributed by atoms with Gasteiger partial charge in [0.2, 0.25) is 15.9 Å². The topological polar surface area (TPSA) is 66.5 Å². The molecule has 1 amide bonds. The second kappa shape index (κ2) is 9.53. The molecule has 0 bridgehead atoms. The molecule has 2 aromatic rings. The molecule has 1 saturated heterocycles. The maximum absolute atomic E-state index is 13.5. The summed E-state index contributed by atoms with van der Waals surface area (Å²) in [6, 6.07) is 14.2. The normalized spacial score (nSPS) is 16.8. The molecule has 1 N–H and O–H groups in total. The molecule has 0 radical (unpaired) electrons. The number of hydrogen-bond acceptors (Lipinski definition) is 3. The number of nitrogens with one attached hydrogen (secondary N) is 1. The second-order valence-electron chi connectivity index (χ2n) is 8.63. The van der Waals surface area contributed by atoms with E-state index in [1.165, 1.54) is 26.6 Å². The van der Waals surface area contributed by atoms with E-state index in [0.717, 1.165) is 12.0 Å². The second-order valence-corrected chi connectivity index (χ2v) is 10.9. The van der Waals surface area contributed by atoms with Crippen molar-refractivity contribution in [1.82, 2.24) is 9.62 Å². The Bertz CT molecular complexity index is 1000. The molecule has 0 unspecified atom stereocenters. The van der Waals surface area contributed by atoms with Crippen molar-refractivity contribution >= 4 is 15.9 Å². The van der Waals surface area contributed by atoms with Gasteiger partial charge < -0.3 is 5.32 Å². The van der Waals surface area contributed by atoms with E-state index in [9.17, 15) is 13.2 Å². The highest BCUT2D eigenvalue weighted by atomic mass is 32.2. The summed E-state index contributed by atoms with van der Waals surface area (Å²) in [6.07, 6.45) is 1.76. The van der Waals surface area contributed by atoms with Gasteiger partial charge in [-0.25, -0.2) is 12.7 Å². The van der Waals surface area contributed by atoms with E-state index < -0.39 is 15.4 Å². The Morgan fingerprint density at radius 2 is 1.61 bits per heavy atom. The van der Waals surface area contributed by atoms with E-state index in [4.69, 9.17) is 0 Å². The third kappa shape index (κ3) is 5.01. The Labute approximate surface area is 186 Å². The van der Waals surface area contributed by atoms with Crippen LogP contribution in [0, 0.1) is 20.8 Å². The summed E-state index contributed by atoms with van der Waals surface area (Å²) in [5.41, 5.74) is 5.30. The molecule has 2 aromatic carbocycles. The van der Waals surface area contributed by atoms with Crippen molar-refractivity contribution in [1.29, 1.82) is 0 Å². The molecule has 6 heteroatoms. The van der Waals surface area contributed by atoms with E-state index in [0.29, 0.717) is 32.5 Å². The molecular formula is C25H34N2O3S. The van der Waals surface area contributed by atoms with Gasteiger partial charge in [-0.1, -0.05) is 48.0 Å². The molecule has 3 rings (SSSR count). The number of sulfonamides is 1. The molecule has 168 valence electrons.